The summed E-state index contributed by atoms with van der Waals surface area (Å²) in [6, 6.07) is 5.38. The smallest absolute Gasteiger partial charge is 0.422 e. The minimum absolute atomic E-state index is 0.0853. The van der Waals surface area contributed by atoms with Gasteiger partial charge in [-0.2, -0.15) is 23.3 Å². The molecule has 1 aliphatic heterocycles. The quantitative estimate of drug-likeness (QED) is 0.547. The molecule has 8 nitrogen and oxygen atoms in total. The van der Waals surface area contributed by atoms with Crippen molar-refractivity contribution in [2.24, 2.45) is 11.8 Å². The Morgan fingerprint density at radius 1 is 1.12 bits per heavy atom. The number of pyridine rings is 1. The number of anilines is 2. The molecule has 0 radical (unpaired) electrons. The summed E-state index contributed by atoms with van der Waals surface area (Å²) in [5.41, 5.74) is 2.23. The standard InChI is InChI=1S/C22H23ClF3N7O/c23-18-7-15(8-27-30-18)32-9-13-3-4-14(10-32)19(13)28-21-29-20-17(34-11-22(24,25)26)6-5-16(12-1-2-12)33(20)31-21/h5-8,12-14,19H,1-4,9-11H2,(H,28,31)/t13-,14+,19+. The van der Waals surface area contributed by atoms with Gasteiger partial charge in [0.2, 0.25) is 5.95 Å². The van der Waals surface area contributed by atoms with E-state index in [9.17, 15) is 13.2 Å². The fourth-order valence-corrected chi connectivity index (χ4v) is 5.46. The van der Waals surface area contributed by atoms with E-state index in [4.69, 9.17) is 16.3 Å². The average molecular weight is 494 g/mol. The molecule has 0 unspecified atom stereocenters. The lowest BCUT2D eigenvalue weighted by atomic mass is 9.92. The molecule has 180 valence electrons. The fourth-order valence-electron chi connectivity index (χ4n) is 5.30. The molecule has 1 N–H and O–H groups in total. The van der Waals surface area contributed by atoms with Crippen LogP contribution in [0.2, 0.25) is 5.15 Å². The van der Waals surface area contributed by atoms with Crippen molar-refractivity contribution in [3.63, 3.8) is 0 Å². The van der Waals surface area contributed by atoms with Crippen LogP contribution in [0.15, 0.2) is 24.4 Å². The molecule has 2 saturated carbocycles. The Morgan fingerprint density at radius 3 is 2.56 bits per heavy atom. The van der Waals surface area contributed by atoms with Gasteiger partial charge in [0.05, 0.1) is 11.9 Å². The highest BCUT2D eigenvalue weighted by molar-refractivity contribution is 6.29. The number of piperidine rings is 1. The van der Waals surface area contributed by atoms with Crippen LogP contribution < -0.4 is 15.0 Å². The summed E-state index contributed by atoms with van der Waals surface area (Å²) in [6.07, 6.45) is 1.53. The fraction of sp³-hybridized carbons (Fsp3) is 0.545. The van der Waals surface area contributed by atoms with E-state index in [1.807, 2.05) is 6.07 Å². The number of hydrogen-bond donors (Lipinski definition) is 1. The molecule has 3 fully saturated rings. The Balaban J connectivity index is 1.24. The number of hydrogen-bond acceptors (Lipinski definition) is 7. The first-order valence-corrected chi connectivity index (χ1v) is 11.8. The van der Waals surface area contributed by atoms with E-state index < -0.39 is 12.8 Å². The molecule has 3 aromatic heterocycles. The molecule has 3 atom stereocenters. The third-order valence-corrected chi connectivity index (χ3v) is 7.15. The number of halogens is 4. The number of nitrogens with zero attached hydrogens (tertiary/aromatic N) is 6. The van der Waals surface area contributed by atoms with Crippen molar-refractivity contribution in [3.05, 3.63) is 35.2 Å². The zero-order valence-corrected chi connectivity index (χ0v) is 18.9. The van der Waals surface area contributed by atoms with Crippen LogP contribution in [0, 0.1) is 11.8 Å². The molecule has 6 rings (SSSR count). The van der Waals surface area contributed by atoms with Gasteiger partial charge >= 0.3 is 6.18 Å². The normalized spacial score (nSPS) is 24.6. The maximum Gasteiger partial charge on any atom is 0.422 e. The second kappa shape index (κ2) is 8.14. The van der Waals surface area contributed by atoms with Crippen molar-refractivity contribution in [3.8, 4) is 5.75 Å². The highest BCUT2D eigenvalue weighted by atomic mass is 35.5. The molecule has 2 bridgehead atoms. The van der Waals surface area contributed by atoms with Crippen LogP contribution in [0.4, 0.5) is 24.8 Å². The lowest BCUT2D eigenvalue weighted by Crippen LogP contribution is -2.48. The lowest BCUT2D eigenvalue weighted by Gasteiger charge is -2.39. The van der Waals surface area contributed by atoms with Crippen molar-refractivity contribution < 1.29 is 17.9 Å². The van der Waals surface area contributed by atoms with E-state index in [-0.39, 0.29) is 11.8 Å². The predicted molar refractivity (Wildman–Crippen MR) is 119 cm³/mol. The molecule has 12 heteroatoms. The van der Waals surface area contributed by atoms with Gasteiger partial charge in [-0.05, 0) is 49.7 Å². The SMILES string of the molecule is FC(F)(F)COc1ccc(C2CC2)n2nc(N[C@H]3[C@@H]4CC[C@H]3CN(c3cnnc(Cl)c3)C4)nc12. The summed E-state index contributed by atoms with van der Waals surface area (Å²) in [7, 11) is 0. The predicted octanol–water partition coefficient (Wildman–Crippen LogP) is 4.32. The number of alkyl halides is 3. The number of fused-ring (bicyclic) bond motifs is 3. The first-order chi connectivity index (χ1) is 16.3. The third kappa shape index (κ3) is 4.21. The molecule has 3 aromatic rings. The maximum absolute atomic E-state index is 12.7. The second-order valence-electron chi connectivity index (χ2n) is 9.38. The topological polar surface area (TPSA) is 80.5 Å². The van der Waals surface area contributed by atoms with Gasteiger partial charge in [-0.15, -0.1) is 10.2 Å². The molecule has 34 heavy (non-hydrogen) atoms. The van der Waals surface area contributed by atoms with E-state index >= 15 is 0 Å². The van der Waals surface area contributed by atoms with E-state index in [1.165, 1.54) is 0 Å². The van der Waals surface area contributed by atoms with Gasteiger partial charge in [-0.25, -0.2) is 4.52 Å². The van der Waals surface area contributed by atoms with Crippen LogP contribution >= 0.6 is 11.6 Å². The van der Waals surface area contributed by atoms with E-state index in [0.717, 1.165) is 50.2 Å². The molecule has 2 aliphatic carbocycles. The zero-order chi connectivity index (χ0) is 23.4. The molecule has 3 aliphatic rings. The third-order valence-electron chi connectivity index (χ3n) is 6.97. The summed E-state index contributed by atoms with van der Waals surface area (Å²) in [5.74, 6) is 1.62. The first kappa shape index (κ1) is 21.7. The van der Waals surface area contributed by atoms with Crippen LogP contribution in [0.5, 0.6) is 5.75 Å². The highest BCUT2D eigenvalue weighted by Gasteiger charge is 2.43. The number of ether oxygens (including phenoxy) is 1. The molecular formula is C22H23ClF3N7O. The molecule has 1 saturated heterocycles. The number of rotatable bonds is 6. The Bertz CT molecular complexity index is 1200. The van der Waals surface area contributed by atoms with E-state index in [2.05, 4.69) is 30.5 Å². The Labute approximate surface area is 198 Å². The average Bonchev–Trinajstić information content (AvgIpc) is 3.50. The highest BCUT2D eigenvalue weighted by Crippen LogP contribution is 2.42. The summed E-state index contributed by atoms with van der Waals surface area (Å²) in [5, 5.41) is 16.3. The van der Waals surface area contributed by atoms with Crippen LogP contribution in [-0.4, -0.2) is 56.7 Å². The lowest BCUT2D eigenvalue weighted by molar-refractivity contribution is -0.153. The Hall–Kier alpha value is -2.82. The van der Waals surface area contributed by atoms with E-state index in [1.54, 1.807) is 22.8 Å². The minimum atomic E-state index is -4.42. The minimum Gasteiger partial charge on any atom is -0.480 e. The van der Waals surface area contributed by atoms with Gasteiger partial charge < -0.3 is 15.0 Å². The van der Waals surface area contributed by atoms with Crippen LogP contribution in [0.1, 0.15) is 37.3 Å². The van der Waals surface area contributed by atoms with Crippen LogP contribution in [-0.2, 0) is 0 Å². The maximum atomic E-state index is 12.7. The number of aromatic nitrogens is 5. The molecular weight excluding hydrogens is 471 g/mol. The van der Waals surface area contributed by atoms with Gasteiger partial charge in [0.15, 0.2) is 23.2 Å². The first-order valence-electron chi connectivity index (χ1n) is 11.4. The van der Waals surface area contributed by atoms with Crippen molar-refractivity contribution in [2.75, 3.05) is 29.9 Å². The molecule has 0 amide bonds. The zero-order valence-electron chi connectivity index (χ0n) is 18.2. The number of nitrogens with one attached hydrogen (secondary N) is 1. The van der Waals surface area contributed by atoms with Gasteiger partial charge in [-0.3, -0.25) is 0 Å². The molecule has 4 heterocycles. The van der Waals surface area contributed by atoms with Gasteiger partial charge in [0.25, 0.3) is 0 Å². The van der Waals surface area contributed by atoms with Gasteiger partial charge in [0, 0.05) is 36.8 Å². The van der Waals surface area contributed by atoms with Crippen molar-refractivity contribution in [1.82, 2.24) is 24.8 Å². The summed E-state index contributed by atoms with van der Waals surface area (Å²) in [6.45, 7) is 0.325. The van der Waals surface area contributed by atoms with Crippen molar-refractivity contribution >= 4 is 28.9 Å². The summed E-state index contributed by atoms with van der Waals surface area (Å²) >= 11 is 6.02. The molecule has 0 spiro atoms. The largest absolute Gasteiger partial charge is 0.480 e. The van der Waals surface area contributed by atoms with Crippen LogP contribution in [0.25, 0.3) is 5.65 Å². The van der Waals surface area contributed by atoms with Crippen LogP contribution in [0.3, 0.4) is 0 Å². The monoisotopic (exact) mass is 493 g/mol. The molecule has 0 aromatic carbocycles. The second-order valence-corrected chi connectivity index (χ2v) is 9.77. The Kier molecular flexibility index (Phi) is 5.20. The van der Waals surface area contributed by atoms with Crippen molar-refractivity contribution in [2.45, 2.75) is 43.8 Å². The Morgan fingerprint density at radius 2 is 1.88 bits per heavy atom. The summed E-state index contributed by atoms with van der Waals surface area (Å²) < 4.78 is 44.9. The van der Waals surface area contributed by atoms with Crippen molar-refractivity contribution in [1.29, 1.82) is 0 Å². The van der Waals surface area contributed by atoms with E-state index in [0.29, 0.717) is 34.5 Å². The van der Waals surface area contributed by atoms with Gasteiger partial charge in [0.1, 0.15) is 0 Å². The summed E-state index contributed by atoms with van der Waals surface area (Å²) in [4.78, 5) is 6.85. The van der Waals surface area contributed by atoms with Gasteiger partial charge in [-0.1, -0.05) is 11.6 Å².